The molecule has 0 aromatic carbocycles. The lowest BCUT2D eigenvalue weighted by molar-refractivity contribution is -0.121. The summed E-state index contributed by atoms with van der Waals surface area (Å²) < 4.78 is 0.870. The molecule has 28 heavy (non-hydrogen) atoms. The van der Waals surface area contributed by atoms with E-state index in [1.807, 2.05) is 11.0 Å². The van der Waals surface area contributed by atoms with Gasteiger partial charge in [-0.15, -0.1) is 11.3 Å². The zero-order chi connectivity index (χ0) is 19.5. The van der Waals surface area contributed by atoms with Crippen LogP contribution in [0.1, 0.15) is 52.2 Å². The van der Waals surface area contributed by atoms with Crippen LogP contribution >= 0.6 is 27.3 Å². The third-order valence-electron chi connectivity index (χ3n) is 5.52. The lowest BCUT2D eigenvalue weighted by Crippen LogP contribution is -2.43. The smallest absolute Gasteiger partial charge is 0.263 e. The Morgan fingerprint density at radius 1 is 1.18 bits per heavy atom. The van der Waals surface area contributed by atoms with Crippen LogP contribution in [0.4, 0.5) is 5.82 Å². The second-order valence-corrected chi connectivity index (χ2v) is 9.61. The van der Waals surface area contributed by atoms with Crippen molar-refractivity contribution < 1.29 is 9.59 Å². The van der Waals surface area contributed by atoms with Gasteiger partial charge in [0.05, 0.1) is 10.8 Å². The number of anilines is 1. The Balaban J connectivity index is 1.41. The van der Waals surface area contributed by atoms with Crippen LogP contribution < -0.4 is 5.32 Å². The molecule has 0 radical (unpaired) electrons. The summed E-state index contributed by atoms with van der Waals surface area (Å²) in [5.74, 6) is 0.367. The predicted molar refractivity (Wildman–Crippen MR) is 115 cm³/mol. The van der Waals surface area contributed by atoms with E-state index in [9.17, 15) is 9.59 Å². The quantitative estimate of drug-likeness (QED) is 0.675. The number of likely N-dealkylation sites (tertiary alicyclic amines) is 1. The summed E-state index contributed by atoms with van der Waals surface area (Å²) in [6, 6.07) is 5.72. The number of nitrogens with zero attached hydrogens (tertiary/aromatic N) is 2. The maximum atomic E-state index is 13.1. The van der Waals surface area contributed by atoms with Gasteiger partial charge in [-0.3, -0.25) is 9.59 Å². The van der Waals surface area contributed by atoms with Gasteiger partial charge in [-0.05, 0) is 78.2 Å². The topological polar surface area (TPSA) is 62.3 Å². The summed E-state index contributed by atoms with van der Waals surface area (Å²) in [6.45, 7) is 1.20. The van der Waals surface area contributed by atoms with Crippen LogP contribution in [0.25, 0.3) is 0 Å². The molecule has 1 saturated heterocycles. The van der Waals surface area contributed by atoms with Crippen molar-refractivity contribution >= 4 is 44.9 Å². The number of thiophene rings is 1. The molecule has 2 aromatic heterocycles. The molecule has 0 bridgehead atoms. The van der Waals surface area contributed by atoms with Crippen LogP contribution in [0.15, 0.2) is 28.9 Å². The molecule has 1 fully saturated rings. The van der Waals surface area contributed by atoms with Crippen LogP contribution in [0.2, 0.25) is 0 Å². The zero-order valence-electron chi connectivity index (χ0n) is 15.7. The zero-order valence-corrected chi connectivity index (χ0v) is 18.2. The number of rotatable bonds is 3. The van der Waals surface area contributed by atoms with Crippen molar-refractivity contribution in [3.05, 3.63) is 44.2 Å². The lowest BCUT2D eigenvalue weighted by Gasteiger charge is -2.31. The molecule has 1 unspecified atom stereocenters. The first-order chi connectivity index (χ1) is 13.6. The first-order valence-electron chi connectivity index (χ1n) is 9.93. The Labute approximate surface area is 177 Å². The van der Waals surface area contributed by atoms with Gasteiger partial charge in [-0.25, -0.2) is 4.98 Å². The Morgan fingerprint density at radius 2 is 2.04 bits per heavy atom. The van der Waals surface area contributed by atoms with Crippen molar-refractivity contribution in [2.24, 2.45) is 5.92 Å². The van der Waals surface area contributed by atoms with E-state index in [1.54, 1.807) is 23.6 Å². The molecule has 3 heterocycles. The fraction of sp³-hybridized carbons (Fsp3) is 0.476. The standard InChI is InChI=1S/C21H24BrN3O2S/c22-16-8-9-19(23-12-16)24-20(26)15-6-4-10-25(13-15)21(27)18-11-14-5-2-1-3-7-17(14)28-18/h8-9,11-12,15H,1-7,10,13H2,(H,23,24,26). The molecule has 148 valence electrons. The number of aromatic nitrogens is 1. The average molecular weight is 462 g/mol. The van der Waals surface area contributed by atoms with Gasteiger partial charge in [0, 0.05) is 28.6 Å². The minimum Gasteiger partial charge on any atom is -0.337 e. The largest absolute Gasteiger partial charge is 0.337 e. The molecule has 1 aliphatic carbocycles. The van der Waals surface area contributed by atoms with Crippen LogP contribution in [0, 0.1) is 5.92 Å². The molecule has 4 rings (SSSR count). The number of hydrogen-bond donors (Lipinski definition) is 1. The lowest BCUT2D eigenvalue weighted by atomic mass is 9.97. The number of nitrogens with one attached hydrogen (secondary N) is 1. The number of halogens is 1. The van der Waals surface area contributed by atoms with Crippen molar-refractivity contribution in [1.82, 2.24) is 9.88 Å². The third-order valence-corrected chi connectivity index (χ3v) is 7.21. The highest BCUT2D eigenvalue weighted by molar-refractivity contribution is 9.10. The maximum Gasteiger partial charge on any atom is 0.263 e. The van der Waals surface area contributed by atoms with Crippen molar-refractivity contribution in [2.45, 2.75) is 44.9 Å². The van der Waals surface area contributed by atoms with Gasteiger partial charge in [0.2, 0.25) is 5.91 Å². The SMILES string of the molecule is O=C(Nc1ccc(Br)cn1)C1CCCN(C(=O)c2cc3c(s2)CCCCC3)C1. The summed E-state index contributed by atoms with van der Waals surface area (Å²) in [7, 11) is 0. The summed E-state index contributed by atoms with van der Waals surface area (Å²) in [5, 5.41) is 2.88. The Morgan fingerprint density at radius 3 is 2.86 bits per heavy atom. The first kappa shape index (κ1) is 19.6. The molecule has 5 nitrogen and oxygen atoms in total. The van der Waals surface area contributed by atoms with Gasteiger partial charge in [-0.2, -0.15) is 0 Å². The number of aryl methyl sites for hydroxylation is 2. The minimum atomic E-state index is -0.194. The molecule has 1 N–H and O–H groups in total. The van der Waals surface area contributed by atoms with Gasteiger partial charge >= 0.3 is 0 Å². The number of fused-ring (bicyclic) bond motifs is 1. The highest BCUT2D eigenvalue weighted by atomic mass is 79.9. The van der Waals surface area contributed by atoms with Crippen LogP contribution in [0.5, 0.6) is 0 Å². The summed E-state index contributed by atoms with van der Waals surface area (Å²) in [5.41, 5.74) is 1.36. The summed E-state index contributed by atoms with van der Waals surface area (Å²) in [4.78, 5) is 34.0. The van der Waals surface area contributed by atoms with Gasteiger partial charge in [-0.1, -0.05) is 6.42 Å². The molecule has 0 spiro atoms. The fourth-order valence-corrected chi connectivity index (χ4v) is 5.44. The highest BCUT2D eigenvalue weighted by Gasteiger charge is 2.30. The van der Waals surface area contributed by atoms with E-state index in [-0.39, 0.29) is 17.7 Å². The Bertz CT molecular complexity index is 842. The number of pyridine rings is 1. The van der Waals surface area contributed by atoms with E-state index in [0.29, 0.717) is 12.4 Å². The maximum absolute atomic E-state index is 13.1. The van der Waals surface area contributed by atoms with Gasteiger partial charge in [0.25, 0.3) is 5.91 Å². The van der Waals surface area contributed by atoms with E-state index in [4.69, 9.17) is 0 Å². The van der Waals surface area contributed by atoms with Crippen LogP contribution in [-0.4, -0.2) is 34.8 Å². The molecule has 1 aliphatic heterocycles. The number of carbonyl (C=O) groups is 2. The predicted octanol–water partition coefficient (Wildman–Crippen LogP) is 4.67. The van der Waals surface area contributed by atoms with Crippen LogP contribution in [-0.2, 0) is 17.6 Å². The Kier molecular flexibility index (Phi) is 6.11. The van der Waals surface area contributed by atoms with Crippen molar-refractivity contribution in [2.75, 3.05) is 18.4 Å². The second kappa shape index (κ2) is 8.74. The summed E-state index contributed by atoms with van der Waals surface area (Å²) >= 11 is 5.00. The average Bonchev–Trinajstić information content (AvgIpc) is 2.99. The molecule has 2 aliphatic rings. The van der Waals surface area contributed by atoms with Crippen molar-refractivity contribution in [3.63, 3.8) is 0 Å². The van der Waals surface area contributed by atoms with Crippen molar-refractivity contribution in [1.29, 1.82) is 0 Å². The fourth-order valence-electron chi connectivity index (χ4n) is 3.98. The third kappa shape index (κ3) is 4.46. The molecular weight excluding hydrogens is 438 g/mol. The number of hydrogen-bond acceptors (Lipinski definition) is 4. The molecule has 0 saturated carbocycles. The minimum absolute atomic E-state index is 0.0608. The van der Waals surface area contributed by atoms with E-state index in [0.717, 1.165) is 41.6 Å². The first-order valence-corrected chi connectivity index (χ1v) is 11.5. The van der Waals surface area contributed by atoms with E-state index < -0.39 is 0 Å². The molecule has 1 atom stereocenters. The van der Waals surface area contributed by atoms with E-state index in [1.165, 1.54) is 29.7 Å². The van der Waals surface area contributed by atoms with Gasteiger partial charge in [0.15, 0.2) is 0 Å². The molecule has 7 heteroatoms. The van der Waals surface area contributed by atoms with Crippen molar-refractivity contribution in [3.8, 4) is 0 Å². The van der Waals surface area contributed by atoms with Gasteiger partial charge < -0.3 is 10.2 Å². The highest BCUT2D eigenvalue weighted by Crippen LogP contribution is 2.30. The molecule has 2 amide bonds. The Hall–Kier alpha value is -1.73. The number of carbonyl (C=O) groups excluding carboxylic acids is 2. The monoisotopic (exact) mass is 461 g/mol. The molecular formula is C21H24BrN3O2S. The van der Waals surface area contributed by atoms with E-state index in [2.05, 4.69) is 32.3 Å². The second-order valence-electron chi connectivity index (χ2n) is 7.56. The normalized spacial score (nSPS) is 19.6. The van der Waals surface area contributed by atoms with E-state index >= 15 is 0 Å². The van der Waals surface area contributed by atoms with Gasteiger partial charge in [0.1, 0.15) is 5.82 Å². The molecule has 2 aromatic rings. The summed E-state index contributed by atoms with van der Waals surface area (Å²) in [6.07, 6.45) is 9.21. The number of amides is 2. The van der Waals surface area contributed by atoms with Crippen LogP contribution in [0.3, 0.4) is 0 Å². The number of piperidine rings is 1.